The van der Waals surface area contributed by atoms with Crippen molar-refractivity contribution in [3.05, 3.63) is 59.8 Å². The monoisotopic (exact) mass is 382 g/mol. The zero-order valence-electron chi connectivity index (χ0n) is 16.0. The molecule has 3 aliphatic rings. The van der Waals surface area contributed by atoms with Crippen LogP contribution >= 0.6 is 0 Å². The fourth-order valence-electron chi connectivity index (χ4n) is 4.03. The number of hydrogen-bond acceptors (Lipinski definition) is 4. The van der Waals surface area contributed by atoms with Crippen LogP contribution in [-0.4, -0.2) is 79.1 Å². The van der Waals surface area contributed by atoms with Crippen LogP contribution in [0, 0.1) is 0 Å². The van der Waals surface area contributed by atoms with Gasteiger partial charge in [0.2, 0.25) is 0 Å². The van der Waals surface area contributed by atoms with Crippen molar-refractivity contribution < 1.29 is 14.3 Å². The summed E-state index contributed by atoms with van der Waals surface area (Å²) < 4.78 is 5.39. The first-order valence-corrected chi connectivity index (χ1v) is 9.75. The van der Waals surface area contributed by atoms with Gasteiger partial charge in [0.05, 0.1) is 37.1 Å². The van der Waals surface area contributed by atoms with E-state index in [2.05, 4.69) is 16.8 Å². The Bertz CT molecular complexity index is 786. The second-order valence-electron chi connectivity index (χ2n) is 7.23. The Hall–Kier alpha value is -2.64. The van der Waals surface area contributed by atoms with Crippen LogP contribution in [0.2, 0.25) is 0 Å². The fraction of sp³-hybridized carbons (Fsp3) is 0.429. The van der Waals surface area contributed by atoms with Crippen LogP contribution in [0.5, 0.6) is 0 Å². The molecule has 0 aliphatic carbocycles. The Morgan fingerprint density at radius 1 is 1.14 bits per heavy atom. The van der Waals surface area contributed by atoms with E-state index in [0.29, 0.717) is 25.2 Å². The van der Waals surface area contributed by atoms with Crippen LogP contribution in [0.4, 0.5) is 4.79 Å². The summed E-state index contributed by atoms with van der Waals surface area (Å²) in [4.78, 5) is 31.8. The molecule has 0 spiro atoms. The Morgan fingerprint density at radius 2 is 1.89 bits per heavy atom. The lowest BCUT2D eigenvalue weighted by molar-refractivity contribution is -0.126. The smallest absolute Gasteiger partial charge is 0.322 e. The first kappa shape index (κ1) is 18.7. The van der Waals surface area contributed by atoms with Crippen LogP contribution in [-0.2, 0) is 9.53 Å². The number of benzene rings is 1. The third-order valence-electron chi connectivity index (χ3n) is 5.53. The molecule has 148 valence electrons. The summed E-state index contributed by atoms with van der Waals surface area (Å²) in [6.45, 7) is 9.33. The Labute approximate surface area is 165 Å². The second kappa shape index (κ2) is 8.16. The summed E-state index contributed by atoms with van der Waals surface area (Å²) in [5.41, 5.74) is 2.39. The highest BCUT2D eigenvalue weighted by Crippen LogP contribution is 2.36. The normalized spacial score (nSPS) is 23.1. The largest absolute Gasteiger partial charge is 0.379 e. The number of carbonyl (C=O) groups excluding carboxylic acids is 2. The van der Waals surface area contributed by atoms with E-state index in [1.807, 2.05) is 35.2 Å². The molecule has 1 atom stereocenters. The molecule has 0 aromatic heterocycles. The van der Waals surface area contributed by atoms with Gasteiger partial charge in [0.25, 0.3) is 5.91 Å². The van der Waals surface area contributed by atoms with Gasteiger partial charge in [-0.1, -0.05) is 36.4 Å². The molecule has 7 nitrogen and oxygen atoms in total. The molecule has 4 rings (SSSR count). The number of nitrogens with zero attached hydrogens (tertiary/aromatic N) is 3. The minimum absolute atomic E-state index is 0.00572. The second-order valence-corrected chi connectivity index (χ2v) is 7.23. The number of hydrogen-bond donors (Lipinski definition) is 1. The maximum absolute atomic E-state index is 13.3. The van der Waals surface area contributed by atoms with E-state index in [9.17, 15) is 9.59 Å². The lowest BCUT2D eigenvalue weighted by atomic mass is 9.95. The Balaban J connectivity index is 1.57. The summed E-state index contributed by atoms with van der Waals surface area (Å²) in [7, 11) is 0. The van der Waals surface area contributed by atoms with E-state index < -0.39 is 6.04 Å². The van der Waals surface area contributed by atoms with Crippen molar-refractivity contribution in [1.29, 1.82) is 0 Å². The maximum atomic E-state index is 13.3. The van der Waals surface area contributed by atoms with E-state index in [1.54, 1.807) is 11.0 Å². The number of ether oxygens (including phenoxy) is 1. The van der Waals surface area contributed by atoms with E-state index in [-0.39, 0.29) is 11.9 Å². The first-order valence-electron chi connectivity index (χ1n) is 9.75. The third-order valence-corrected chi connectivity index (χ3v) is 5.53. The summed E-state index contributed by atoms with van der Waals surface area (Å²) in [5.74, 6) is 0.00572. The topological polar surface area (TPSA) is 65.1 Å². The summed E-state index contributed by atoms with van der Waals surface area (Å²) in [5, 5.41) is 3.00. The highest BCUT2D eigenvalue weighted by atomic mass is 16.5. The van der Waals surface area contributed by atoms with Crippen molar-refractivity contribution in [2.75, 3.05) is 52.5 Å². The number of carbonyl (C=O) groups is 2. The van der Waals surface area contributed by atoms with Gasteiger partial charge in [-0.25, -0.2) is 4.79 Å². The van der Waals surface area contributed by atoms with E-state index >= 15 is 0 Å². The van der Waals surface area contributed by atoms with E-state index in [0.717, 1.165) is 44.1 Å². The molecule has 1 fully saturated rings. The zero-order valence-corrected chi connectivity index (χ0v) is 16.0. The van der Waals surface area contributed by atoms with Crippen molar-refractivity contribution in [2.24, 2.45) is 0 Å². The first-order chi connectivity index (χ1) is 13.7. The molecular formula is C21H26N4O3. The lowest BCUT2D eigenvalue weighted by Gasteiger charge is -2.33. The molecule has 3 heterocycles. The molecule has 1 saturated heterocycles. The molecule has 0 saturated carbocycles. The molecule has 1 aromatic carbocycles. The van der Waals surface area contributed by atoms with Gasteiger partial charge < -0.3 is 15.0 Å². The van der Waals surface area contributed by atoms with Crippen molar-refractivity contribution >= 4 is 11.9 Å². The number of urea groups is 1. The number of rotatable bonds is 6. The Morgan fingerprint density at radius 3 is 2.61 bits per heavy atom. The van der Waals surface area contributed by atoms with Gasteiger partial charge in [0.15, 0.2) is 0 Å². The highest BCUT2D eigenvalue weighted by molar-refractivity contribution is 6.01. The molecule has 1 N–H and O–H groups in total. The summed E-state index contributed by atoms with van der Waals surface area (Å²) in [6, 6.07) is 9.07. The van der Waals surface area contributed by atoms with Crippen LogP contribution < -0.4 is 5.32 Å². The maximum Gasteiger partial charge on any atom is 0.322 e. The molecule has 3 amide bonds. The number of nitrogens with one attached hydrogen (secondary N) is 1. The van der Waals surface area contributed by atoms with Gasteiger partial charge >= 0.3 is 6.03 Å². The highest BCUT2D eigenvalue weighted by Gasteiger charge is 2.43. The van der Waals surface area contributed by atoms with Crippen molar-refractivity contribution in [3.8, 4) is 0 Å². The fourth-order valence-corrected chi connectivity index (χ4v) is 4.03. The average Bonchev–Trinajstić information content (AvgIpc) is 3.06. The van der Waals surface area contributed by atoms with Crippen LogP contribution in [0.25, 0.3) is 0 Å². The average molecular weight is 382 g/mol. The van der Waals surface area contributed by atoms with E-state index in [4.69, 9.17) is 4.74 Å². The van der Waals surface area contributed by atoms with Gasteiger partial charge in [-0.15, -0.1) is 6.58 Å². The molecule has 3 aliphatic heterocycles. The van der Waals surface area contributed by atoms with Crippen LogP contribution in [0.15, 0.2) is 54.3 Å². The van der Waals surface area contributed by atoms with Gasteiger partial charge in [0.1, 0.15) is 0 Å². The molecule has 28 heavy (non-hydrogen) atoms. The third kappa shape index (κ3) is 3.55. The standard InChI is InChI=1S/C21H26N4O3/c1-2-8-25-17-15-24(10-9-23-11-13-28-14-12-23)20(26)18(17)19(22-21(25)27)16-6-4-3-5-7-16/h2-7,19H,1,8-15H2,(H,22,27)/t19-/m1/s1. The molecule has 7 heteroatoms. The predicted octanol–water partition coefficient (Wildman–Crippen LogP) is 1.37. The minimum Gasteiger partial charge on any atom is -0.379 e. The minimum atomic E-state index is -0.411. The number of amides is 3. The molecule has 0 unspecified atom stereocenters. The van der Waals surface area contributed by atoms with Crippen LogP contribution in [0.3, 0.4) is 0 Å². The van der Waals surface area contributed by atoms with Crippen molar-refractivity contribution in [3.63, 3.8) is 0 Å². The van der Waals surface area contributed by atoms with Gasteiger partial charge in [-0.3, -0.25) is 14.6 Å². The van der Waals surface area contributed by atoms with Crippen molar-refractivity contribution in [2.45, 2.75) is 6.04 Å². The van der Waals surface area contributed by atoms with Crippen molar-refractivity contribution in [1.82, 2.24) is 20.0 Å². The summed E-state index contributed by atoms with van der Waals surface area (Å²) >= 11 is 0. The predicted molar refractivity (Wildman–Crippen MR) is 105 cm³/mol. The molecule has 0 bridgehead atoms. The van der Waals surface area contributed by atoms with E-state index in [1.165, 1.54) is 0 Å². The zero-order chi connectivity index (χ0) is 19.5. The van der Waals surface area contributed by atoms with Gasteiger partial charge in [-0.05, 0) is 5.56 Å². The number of morpholine rings is 1. The molecule has 1 aromatic rings. The van der Waals surface area contributed by atoms with Gasteiger partial charge in [0, 0.05) is 32.7 Å². The van der Waals surface area contributed by atoms with Gasteiger partial charge in [-0.2, -0.15) is 0 Å². The molecule has 0 radical (unpaired) electrons. The lowest BCUT2D eigenvalue weighted by Crippen LogP contribution is -2.47. The Kier molecular flexibility index (Phi) is 5.45. The van der Waals surface area contributed by atoms with Crippen LogP contribution in [0.1, 0.15) is 11.6 Å². The molecular weight excluding hydrogens is 356 g/mol. The quantitative estimate of drug-likeness (QED) is 0.755. The summed E-state index contributed by atoms with van der Waals surface area (Å²) in [6.07, 6.45) is 1.69. The SMILES string of the molecule is C=CCN1C(=O)N[C@H](c2ccccc2)C2=C1CN(CCN1CCOCC1)C2=O.